The summed E-state index contributed by atoms with van der Waals surface area (Å²) >= 11 is 0. The topological polar surface area (TPSA) is 158 Å². The van der Waals surface area contributed by atoms with Crippen LogP contribution in [0, 0.1) is 0 Å². The molecule has 5 N–H and O–H groups in total. The Bertz CT molecular complexity index is 1360. The molecule has 1 aromatic heterocycles. The van der Waals surface area contributed by atoms with Crippen molar-refractivity contribution in [3.8, 4) is 11.1 Å². The van der Waals surface area contributed by atoms with Gasteiger partial charge in [-0.15, -0.1) is 0 Å². The number of halogens is 3. The normalized spacial score (nSPS) is 12.1. The van der Waals surface area contributed by atoms with E-state index < -0.39 is 30.2 Å². The first kappa shape index (κ1) is 36.3. The van der Waals surface area contributed by atoms with Crippen LogP contribution in [0.15, 0.2) is 79.0 Å². The number of amides is 2. The Hall–Kier alpha value is -4.94. The van der Waals surface area contributed by atoms with Crippen molar-refractivity contribution in [1.29, 1.82) is 0 Å². The minimum Gasteiger partial charge on any atom is -0.481 e. The highest BCUT2D eigenvalue weighted by atomic mass is 19.4. The van der Waals surface area contributed by atoms with Crippen molar-refractivity contribution in [1.82, 2.24) is 15.6 Å². The summed E-state index contributed by atoms with van der Waals surface area (Å²) in [5, 5.41) is 25.5. The Morgan fingerprint density at radius 3 is 2.02 bits per heavy atom. The fraction of sp³-hybridized carbons (Fsp3) is 0.344. The minimum atomic E-state index is -5.08. The van der Waals surface area contributed by atoms with Crippen LogP contribution in [0.4, 0.5) is 19.0 Å². The van der Waals surface area contributed by atoms with Gasteiger partial charge in [0, 0.05) is 19.2 Å². The number of unbranched alkanes of at least 4 members (excludes halogenated alkanes) is 1. The number of aliphatic carboxylic acids is 2. The Morgan fingerprint density at radius 1 is 0.844 bits per heavy atom. The molecule has 242 valence electrons. The van der Waals surface area contributed by atoms with Crippen LogP contribution < -0.4 is 16.0 Å². The van der Waals surface area contributed by atoms with Crippen LogP contribution in [0.1, 0.15) is 57.1 Å². The first-order chi connectivity index (χ1) is 21.4. The molecule has 1 unspecified atom stereocenters. The number of carboxylic acids is 2. The van der Waals surface area contributed by atoms with Crippen LogP contribution in [0.2, 0.25) is 0 Å². The van der Waals surface area contributed by atoms with E-state index in [0.717, 1.165) is 29.8 Å². The standard InChI is InChI=1S/C30H36N4O4.C2HF3O2/c1-2-3-12-25(33-28(35)14-9-20-32-27-13-7-8-19-31-27)30(38)34-26(21-29(36)37)24-17-15-23(16-18-24)22-10-5-4-6-11-22;3-2(4,5)1(6)7/h4-8,10-11,13,15-19,25-26H,2-3,9,12,14,20-21H2,1H3,(H,31,32)(H,33,35)(H,34,38)(H,36,37);(H,6,7)/t25-,26?;/m1./s1. The number of pyridine rings is 1. The van der Waals surface area contributed by atoms with Gasteiger partial charge in [0.1, 0.15) is 11.9 Å². The highest BCUT2D eigenvalue weighted by Gasteiger charge is 2.38. The summed E-state index contributed by atoms with van der Waals surface area (Å²) in [5.74, 6) is -3.62. The van der Waals surface area contributed by atoms with Crippen LogP contribution in [0.3, 0.4) is 0 Å². The molecule has 2 atom stereocenters. The van der Waals surface area contributed by atoms with Gasteiger partial charge in [0.25, 0.3) is 0 Å². The van der Waals surface area contributed by atoms with Crippen molar-refractivity contribution in [3.05, 3.63) is 84.6 Å². The molecule has 0 saturated carbocycles. The number of rotatable bonds is 15. The number of alkyl halides is 3. The zero-order chi connectivity index (χ0) is 33.2. The number of benzene rings is 2. The van der Waals surface area contributed by atoms with Crippen LogP contribution in [-0.2, 0) is 19.2 Å². The minimum absolute atomic E-state index is 0.217. The zero-order valence-corrected chi connectivity index (χ0v) is 24.7. The highest BCUT2D eigenvalue weighted by molar-refractivity contribution is 5.88. The van der Waals surface area contributed by atoms with E-state index in [0.29, 0.717) is 24.9 Å². The summed E-state index contributed by atoms with van der Waals surface area (Å²) in [6.07, 6.45) is -0.699. The Balaban J connectivity index is 0.000000900. The number of hydrogen-bond acceptors (Lipinski definition) is 6. The molecule has 3 rings (SSSR count). The third-order valence-corrected chi connectivity index (χ3v) is 6.41. The Labute approximate surface area is 259 Å². The van der Waals surface area contributed by atoms with Gasteiger partial charge in [-0.2, -0.15) is 13.2 Å². The lowest BCUT2D eigenvalue weighted by molar-refractivity contribution is -0.192. The van der Waals surface area contributed by atoms with Crippen LogP contribution >= 0.6 is 0 Å². The first-order valence-corrected chi connectivity index (χ1v) is 14.3. The van der Waals surface area contributed by atoms with E-state index in [4.69, 9.17) is 9.90 Å². The number of aromatic nitrogens is 1. The van der Waals surface area contributed by atoms with Gasteiger partial charge >= 0.3 is 18.1 Å². The second kappa shape index (κ2) is 18.7. The molecule has 13 heteroatoms. The Morgan fingerprint density at radius 2 is 1.47 bits per heavy atom. The molecule has 2 amide bonds. The predicted molar refractivity (Wildman–Crippen MR) is 162 cm³/mol. The molecule has 0 aliphatic rings. The highest BCUT2D eigenvalue weighted by Crippen LogP contribution is 2.24. The van der Waals surface area contributed by atoms with E-state index in [9.17, 15) is 32.7 Å². The summed E-state index contributed by atoms with van der Waals surface area (Å²) in [6.45, 7) is 2.59. The average Bonchev–Trinajstić information content (AvgIpc) is 3.01. The van der Waals surface area contributed by atoms with Gasteiger partial charge in [-0.3, -0.25) is 14.4 Å². The fourth-order valence-electron chi connectivity index (χ4n) is 4.11. The number of anilines is 1. The average molecular weight is 631 g/mol. The smallest absolute Gasteiger partial charge is 0.481 e. The maximum atomic E-state index is 13.2. The van der Waals surface area contributed by atoms with Crippen molar-refractivity contribution in [2.24, 2.45) is 0 Å². The summed E-state index contributed by atoms with van der Waals surface area (Å²) in [5.41, 5.74) is 2.75. The summed E-state index contributed by atoms with van der Waals surface area (Å²) < 4.78 is 31.7. The molecule has 3 aromatic rings. The van der Waals surface area contributed by atoms with E-state index in [1.165, 1.54) is 0 Å². The maximum Gasteiger partial charge on any atom is 0.490 e. The maximum absolute atomic E-state index is 13.2. The first-order valence-electron chi connectivity index (χ1n) is 14.3. The van der Waals surface area contributed by atoms with Gasteiger partial charge in [0.05, 0.1) is 12.5 Å². The van der Waals surface area contributed by atoms with Gasteiger partial charge in [-0.1, -0.05) is 80.4 Å². The summed E-state index contributed by atoms with van der Waals surface area (Å²) in [7, 11) is 0. The van der Waals surface area contributed by atoms with Crippen molar-refractivity contribution >= 4 is 29.6 Å². The SMILES string of the molecule is CCCC[C@@H](NC(=O)CCCNc1ccccn1)C(=O)NC(CC(=O)O)c1ccc(-c2ccccc2)cc1.O=C(O)C(F)(F)F. The Kier molecular flexibility index (Phi) is 15.0. The predicted octanol–water partition coefficient (Wildman–Crippen LogP) is 5.58. The van der Waals surface area contributed by atoms with E-state index in [2.05, 4.69) is 20.9 Å². The fourth-order valence-corrected chi connectivity index (χ4v) is 4.11. The van der Waals surface area contributed by atoms with Gasteiger partial charge in [-0.25, -0.2) is 9.78 Å². The van der Waals surface area contributed by atoms with Crippen LogP contribution in [0.25, 0.3) is 11.1 Å². The quantitative estimate of drug-likeness (QED) is 0.136. The lowest BCUT2D eigenvalue weighted by Crippen LogP contribution is -2.48. The van der Waals surface area contributed by atoms with Gasteiger partial charge in [0.2, 0.25) is 11.8 Å². The van der Waals surface area contributed by atoms with Crippen molar-refractivity contribution in [3.63, 3.8) is 0 Å². The monoisotopic (exact) mass is 630 g/mol. The van der Waals surface area contributed by atoms with Gasteiger partial charge in [-0.05, 0) is 41.7 Å². The summed E-state index contributed by atoms with van der Waals surface area (Å²) in [4.78, 5) is 50.5. The number of nitrogens with one attached hydrogen (secondary N) is 3. The molecule has 2 aromatic carbocycles. The van der Waals surface area contributed by atoms with Crippen molar-refractivity contribution < 1.29 is 42.6 Å². The van der Waals surface area contributed by atoms with Crippen molar-refractivity contribution in [2.45, 2.75) is 63.7 Å². The van der Waals surface area contributed by atoms with E-state index in [1.54, 1.807) is 6.20 Å². The molecular formula is C32H37F3N4O6. The third kappa shape index (κ3) is 13.9. The molecule has 10 nitrogen and oxygen atoms in total. The van der Waals surface area contributed by atoms with E-state index in [1.807, 2.05) is 79.7 Å². The van der Waals surface area contributed by atoms with Gasteiger partial charge in [0.15, 0.2) is 0 Å². The number of carbonyl (C=O) groups is 4. The summed E-state index contributed by atoms with van der Waals surface area (Å²) in [6, 6.07) is 21.5. The number of nitrogens with zero attached hydrogens (tertiary/aromatic N) is 1. The molecule has 0 aliphatic heterocycles. The molecule has 0 aliphatic carbocycles. The molecular weight excluding hydrogens is 593 g/mol. The van der Waals surface area contributed by atoms with E-state index in [-0.39, 0.29) is 24.7 Å². The lowest BCUT2D eigenvalue weighted by atomic mass is 9.98. The largest absolute Gasteiger partial charge is 0.490 e. The number of carboxylic acid groups (broad SMARTS) is 2. The lowest BCUT2D eigenvalue weighted by Gasteiger charge is -2.23. The molecule has 0 saturated heterocycles. The molecule has 0 bridgehead atoms. The number of carbonyl (C=O) groups excluding carboxylic acids is 2. The molecule has 0 radical (unpaired) electrons. The molecule has 1 heterocycles. The third-order valence-electron chi connectivity index (χ3n) is 6.41. The second-order valence-electron chi connectivity index (χ2n) is 9.96. The number of hydrogen-bond donors (Lipinski definition) is 5. The molecule has 0 spiro atoms. The van der Waals surface area contributed by atoms with Crippen LogP contribution in [-0.4, -0.2) is 57.7 Å². The molecule has 45 heavy (non-hydrogen) atoms. The molecule has 0 fully saturated rings. The van der Waals surface area contributed by atoms with Crippen LogP contribution in [0.5, 0.6) is 0 Å². The van der Waals surface area contributed by atoms with E-state index >= 15 is 0 Å². The van der Waals surface area contributed by atoms with Gasteiger partial charge < -0.3 is 26.2 Å². The zero-order valence-electron chi connectivity index (χ0n) is 24.7. The van der Waals surface area contributed by atoms with Crippen molar-refractivity contribution in [2.75, 3.05) is 11.9 Å². The second-order valence-corrected chi connectivity index (χ2v) is 9.96.